The monoisotopic (exact) mass is 290 g/mol. The smallest absolute Gasteiger partial charge is 0.0594 e. The highest BCUT2D eigenvalue weighted by Gasteiger charge is 2.11. The molecule has 1 atom stereocenters. The first-order chi connectivity index (χ1) is 10.3. The van der Waals surface area contributed by atoms with E-state index in [0.29, 0.717) is 6.04 Å². The van der Waals surface area contributed by atoms with E-state index in [1.54, 1.807) is 0 Å². The van der Waals surface area contributed by atoms with Crippen LogP contribution in [0.15, 0.2) is 24.3 Å². The van der Waals surface area contributed by atoms with Crippen LogP contribution in [0.2, 0.25) is 0 Å². The van der Waals surface area contributed by atoms with Gasteiger partial charge in [-0.2, -0.15) is 0 Å². The van der Waals surface area contributed by atoms with E-state index < -0.39 is 0 Å². The summed E-state index contributed by atoms with van der Waals surface area (Å²) >= 11 is 0. The first kappa shape index (κ1) is 16.5. The predicted octanol–water partition coefficient (Wildman–Crippen LogP) is 3.01. The summed E-state index contributed by atoms with van der Waals surface area (Å²) in [6.07, 6.45) is 3.47. The zero-order valence-electron chi connectivity index (χ0n) is 13.6. The molecule has 1 aromatic rings. The predicted molar refractivity (Wildman–Crippen MR) is 88.7 cm³/mol. The number of nitrogens with one attached hydrogen (secondary N) is 1. The van der Waals surface area contributed by atoms with E-state index in [1.165, 1.54) is 24.1 Å². The SMILES string of the molecule is CCc1ccc(C(CC)NCCCN2CCOCC2)cc1. The van der Waals surface area contributed by atoms with Gasteiger partial charge in [-0.25, -0.2) is 0 Å². The van der Waals surface area contributed by atoms with Crippen molar-refractivity contribution in [2.45, 2.75) is 39.2 Å². The lowest BCUT2D eigenvalue weighted by atomic mass is 10.0. The van der Waals surface area contributed by atoms with Crippen molar-refractivity contribution in [2.75, 3.05) is 39.4 Å². The van der Waals surface area contributed by atoms with Gasteiger partial charge in [-0.1, -0.05) is 38.1 Å². The third-order valence-corrected chi connectivity index (χ3v) is 4.34. The average molecular weight is 290 g/mol. The highest BCUT2D eigenvalue weighted by molar-refractivity contribution is 5.24. The summed E-state index contributed by atoms with van der Waals surface area (Å²) in [6.45, 7) is 10.7. The zero-order valence-corrected chi connectivity index (χ0v) is 13.6. The van der Waals surface area contributed by atoms with E-state index >= 15 is 0 Å². The van der Waals surface area contributed by atoms with Crippen LogP contribution in [0.5, 0.6) is 0 Å². The highest BCUT2D eigenvalue weighted by atomic mass is 16.5. The van der Waals surface area contributed by atoms with Crippen LogP contribution in [0.1, 0.15) is 43.9 Å². The summed E-state index contributed by atoms with van der Waals surface area (Å²) in [6, 6.07) is 9.56. The van der Waals surface area contributed by atoms with Gasteiger partial charge < -0.3 is 10.1 Å². The molecular formula is C18H30N2O. The molecule has 0 spiro atoms. The molecule has 3 nitrogen and oxygen atoms in total. The van der Waals surface area contributed by atoms with Crippen LogP contribution in [-0.4, -0.2) is 44.3 Å². The molecule has 1 N–H and O–H groups in total. The minimum absolute atomic E-state index is 0.487. The molecule has 1 unspecified atom stereocenters. The van der Waals surface area contributed by atoms with E-state index in [0.717, 1.165) is 45.7 Å². The van der Waals surface area contributed by atoms with Crippen molar-refractivity contribution in [1.82, 2.24) is 10.2 Å². The fourth-order valence-electron chi connectivity index (χ4n) is 2.89. The molecule has 1 saturated heterocycles. The van der Waals surface area contributed by atoms with Crippen molar-refractivity contribution in [3.63, 3.8) is 0 Å². The Morgan fingerprint density at radius 3 is 2.48 bits per heavy atom. The van der Waals surface area contributed by atoms with Crippen LogP contribution in [0.4, 0.5) is 0 Å². The number of morpholine rings is 1. The van der Waals surface area contributed by atoms with Crippen LogP contribution in [0, 0.1) is 0 Å². The lowest BCUT2D eigenvalue weighted by Gasteiger charge is -2.27. The van der Waals surface area contributed by atoms with Gasteiger partial charge in [0, 0.05) is 19.1 Å². The van der Waals surface area contributed by atoms with Crippen LogP contribution in [0.25, 0.3) is 0 Å². The maximum atomic E-state index is 5.38. The lowest BCUT2D eigenvalue weighted by molar-refractivity contribution is 0.0374. The molecule has 118 valence electrons. The first-order valence-corrected chi connectivity index (χ1v) is 8.45. The molecule has 0 radical (unpaired) electrons. The minimum atomic E-state index is 0.487. The third-order valence-electron chi connectivity index (χ3n) is 4.34. The Labute approximate surface area is 129 Å². The Kier molecular flexibility index (Phi) is 7.20. The minimum Gasteiger partial charge on any atom is -0.379 e. The summed E-state index contributed by atoms with van der Waals surface area (Å²) in [5, 5.41) is 3.70. The molecule has 0 saturated carbocycles. The quantitative estimate of drug-likeness (QED) is 0.745. The normalized spacial score (nSPS) is 17.8. The fourth-order valence-corrected chi connectivity index (χ4v) is 2.89. The molecular weight excluding hydrogens is 260 g/mol. The number of aryl methyl sites for hydroxylation is 1. The van der Waals surface area contributed by atoms with Crippen molar-refractivity contribution in [3.8, 4) is 0 Å². The maximum Gasteiger partial charge on any atom is 0.0594 e. The van der Waals surface area contributed by atoms with Crippen LogP contribution < -0.4 is 5.32 Å². The molecule has 1 aromatic carbocycles. The standard InChI is InChI=1S/C18H30N2O/c1-3-16-6-8-17(9-7-16)18(4-2)19-10-5-11-20-12-14-21-15-13-20/h6-9,18-19H,3-5,10-15H2,1-2H3. The van der Waals surface area contributed by atoms with E-state index in [-0.39, 0.29) is 0 Å². The molecule has 1 fully saturated rings. The molecule has 1 heterocycles. The molecule has 1 aliphatic heterocycles. The second-order valence-corrected chi connectivity index (χ2v) is 5.82. The topological polar surface area (TPSA) is 24.5 Å². The average Bonchev–Trinajstić information content (AvgIpc) is 2.56. The number of nitrogens with zero attached hydrogens (tertiary/aromatic N) is 1. The highest BCUT2D eigenvalue weighted by Crippen LogP contribution is 2.17. The molecule has 0 aliphatic carbocycles. The zero-order chi connectivity index (χ0) is 14.9. The lowest BCUT2D eigenvalue weighted by Crippen LogP contribution is -2.37. The van der Waals surface area contributed by atoms with Crippen LogP contribution >= 0.6 is 0 Å². The van der Waals surface area contributed by atoms with Crippen molar-refractivity contribution in [3.05, 3.63) is 35.4 Å². The summed E-state index contributed by atoms with van der Waals surface area (Å²) < 4.78 is 5.38. The number of rotatable bonds is 8. The Balaban J connectivity index is 1.71. The second-order valence-electron chi connectivity index (χ2n) is 5.82. The van der Waals surface area contributed by atoms with Gasteiger partial charge in [-0.15, -0.1) is 0 Å². The van der Waals surface area contributed by atoms with E-state index in [1.807, 2.05) is 0 Å². The van der Waals surface area contributed by atoms with Crippen LogP contribution in [-0.2, 0) is 11.2 Å². The van der Waals surface area contributed by atoms with Gasteiger partial charge in [-0.3, -0.25) is 4.90 Å². The van der Waals surface area contributed by atoms with Crippen molar-refractivity contribution >= 4 is 0 Å². The van der Waals surface area contributed by atoms with Crippen molar-refractivity contribution in [2.24, 2.45) is 0 Å². The number of hydrogen-bond acceptors (Lipinski definition) is 3. The van der Waals surface area contributed by atoms with Crippen molar-refractivity contribution < 1.29 is 4.74 Å². The largest absolute Gasteiger partial charge is 0.379 e. The molecule has 0 bridgehead atoms. The third kappa shape index (κ3) is 5.42. The first-order valence-electron chi connectivity index (χ1n) is 8.45. The van der Waals surface area contributed by atoms with Gasteiger partial charge >= 0.3 is 0 Å². The second kappa shape index (κ2) is 9.19. The summed E-state index contributed by atoms with van der Waals surface area (Å²) in [5.41, 5.74) is 2.84. The molecule has 0 aromatic heterocycles. The van der Waals surface area contributed by atoms with Gasteiger partial charge in [0.1, 0.15) is 0 Å². The number of benzene rings is 1. The number of hydrogen-bond donors (Lipinski definition) is 1. The molecule has 21 heavy (non-hydrogen) atoms. The van der Waals surface area contributed by atoms with Crippen molar-refractivity contribution in [1.29, 1.82) is 0 Å². The van der Waals surface area contributed by atoms with Gasteiger partial charge in [-0.05, 0) is 43.5 Å². The van der Waals surface area contributed by atoms with Gasteiger partial charge in [0.25, 0.3) is 0 Å². The van der Waals surface area contributed by atoms with E-state index in [9.17, 15) is 0 Å². The van der Waals surface area contributed by atoms with E-state index in [4.69, 9.17) is 4.74 Å². The van der Waals surface area contributed by atoms with E-state index in [2.05, 4.69) is 48.3 Å². The van der Waals surface area contributed by atoms with Gasteiger partial charge in [0.15, 0.2) is 0 Å². The summed E-state index contributed by atoms with van der Waals surface area (Å²) in [5.74, 6) is 0. The molecule has 2 rings (SSSR count). The maximum absolute atomic E-state index is 5.38. The summed E-state index contributed by atoms with van der Waals surface area (Å²) in [4.78, 5) is 2.50. The molecule has 1 aliphatic rings. The Hall–Kier alpha value is -0.900. The Morgan fingerprint density at radius 2 is 1.86 bits per heavy atom. The summed E-state index contributed by atoms with van der Waals surface area (Å²) in [7, 11) is 0. The number of ether oxygens (including phenoxy) is 1. The Bertz CT molecular complexity index is 385. The Morgan fingerprint density at radius 1 is 1.14 bits per heavy atom. The molecule has 3 heteroatoms. The molecule has 0 amide bonds. The van der Waals surface area contributed by atoms with Gasteiger partial charge in [0.05, 0.1) is 13.2 Å². The fraction of sp³-hybridized carbons (Fsp3) is 0.667. The van der Waals surface area contributed by atoms with Gasteiger partial charge in [0.2, 0.25) is 0 Å². The van der Waals surface area contributed by atoms with Crippen LogP contribution in [0.3, 0.4) is 0 Å².